The molecule has 2 heterocycles. The molecule has 6 nitrogen and oxygen atoms in total. The average molecular weight is 332 g/mol. The van der Waals surface area contributed by atoms with Gasteiger partial charge in [-0.05, 0) is 37.8 Å². The van der Waals surface area contributed by atoms with Crippen molar-refractivity contribution in [2.75, 3.05) is 13.2 Å². The number of thiophene rings is 1. The van der Waals surface area contributed by atoms with Crippen LogP contribution in [-0.4, -0.2) is 33.6 Å². The molecule has 21 heavy (non-hydrogen) atoms. The maximum atomic E-state index is 12.0. The van der Waals surface area contributed by atoms with E-state index in [9.17, 15) is 13.2 Å². The van der Waals surface area contributed by atoms with Crippen molar-refractivity contribution in [2.24, 2.45) is 11.1 Å². The van der Waals surface area contributed by atoms with Gasteiger partial charge in [-0.3, -0.25) is 4.79 Å². The first-order chi connectivity index (χ1) is 9.86. The van der Waals surface area contributed by atoms with E-state index >= 15 is 0 Å². The Balaban J connectivity index is 1.88. The van der Waals surface area contributed by atoms with Gasteiger partial charge < -0.3 is 10.1 Å². The van der Waals surface area contributed by atoms with Gasteiger partial charge in [-0.1, -0.05) is 0 Å². The van der Waals surface area contributed by atoms with Crippen molar-refractivity contribution in [3.8, 4) is 0 Å². The van der Waals surface area contributed by atoms with Gasteiger partial charge in [0.1, 0.15) is 4.21 Å². The van der Waals surface area contributed by atoms with Gasteiger partial charge in [0.2, 0.25) is 15.9 Å². The SMILES string of the molecule is CC(NC(=O)Cc1ccc(S(N)(=O)=O)s1)C1CCOCC1. The van der Waals surface area contributed by atoms with Gasteiger partial charge in [0.25, 0.3) is 0 Å². The smallest absolute Gasteiger partial charge is 0.247 e. The van der Waals surface area contributed by atoms with E-state index < -0.39 is 10.0 Å². The number of nitrogens with two attached hydrogens (primary N) is 1. The molecule has 0 saturated carbocycles. The van der Waals surface area contributed by atoms with Crippen LogP contribution in [0.2, 0.25) is 0 Å². The summed E-state index contributed by atoms with van der Waals surface area (Å²) in [7, 11) is -3.69. The van der Waals surface area contributed by atoms with Crippen molar-refractivity contribution in [1.82, 2.24) is 5.32 Å². The lowest BCUT2D eigenvalue weighted by Crippen LogP contribution is -2.40. The number of hydrogen-bond acceptors (Lipinski definition) is 5. The summed E-state index contributed by atoms with van der Waals surface area (Å²) in [6.07, 6.45) is 2.08. The minimum atomic E-state index is -3.69. The first-order valence-corrected chi connectivity index (χ1v) is 9.21. The molecule has 2 rings (SSSR count). The Kier molecular flexibility index (Phi) is 5.37. The number of hydrogen-bond donors (Lipinski definition) is 2. The van der Waals surface area contributed by atoms with Crippen LogP contribution >= 0.6 is 11.3 Å². The summed E-state index contributed by atoms with van der Waals surface area (Å²) in [6, 6.07) is 3.16. The molecular formula is C13H20N2O4S2. The lowest BCUT2D eigenvalue weighted by molar-refractivity contribution is -0.121. The third-order valence-corrected chi connectivity index (χ3v) is 6.14. The van der Waals surface area contributed by atoms with Crippen LogP contribution in [0.5, 0.6) is 0 Å². The van der Waals surface area contributed by atoms with E-state index in [4.69, 9.17) is 9.88 Å². The summed E-state index contributed by atoms with van der Waals surface area (Å²) in [5.41, 5.74) is 0. The van der Waals surface area contributed by atoms with E-state index in [1.54, 1.807) is 6.07 Å². The molecule has 0 aromatic carbocycles. The van der Waals surface area contributed by atoms with Gasteiger partial charge in [0.05, 0.1) is 6.42 Å². The van der Waals surface area contributed by atoms with E-state index in [1.165, 1.54) is 6.07 Å². The standard InChI is InChI=1S/C13H20N2O4S2/c1-9(10-4-6-19-7-5-10)15-12(16)8-11-2-3-13(20-11)21(14,17)18/h2-3,9-10H,4-8H2,1H3,(H,15,16)(H2,14,17,18). The van der Waals surface area contributed by atoms with Gasteiger partial charge in [-0.25, -0.2) is 13.6 Å². The molecule has 1 fully saturated rings. The van der Waals surface area contributed by atoms with Gasteiger partial charge in [0.15, 0.2) is 0 Å². The van der Waals surface area contributed by atoms with Gasteiger partial charge in [-0.2, -0.15) is 0 Å². The number of carbonyl (C=O) groups is 1. The van der Waals surface area contributed by atoms with Crippen LogP contribution in [-0.2, 0) is 26.0 Å². The maximum absolute atomic E-state index is 12.0. The number of amides is 1. The Morgan fingerprint density at radius 1 is 1.48 bits per heavy atom. The third kappa shape index (κ3) is 4.77. The Hall–Kier alpha value is -0.960. The quantitative estimate of drug-likeness (QED) is 0.836. The normalized spacial score (nSPS) is 18.4. The van der Waals surface area contributed by atoms with Crippen LogP contribution in [0.3, 0.4) is 0 Å². The van der Waals surface area contributed by atoms with E-state index in [2.05, 4.69) is 5.32 Å². The second kappa shape index (κ2) is 6.87. The van der Waals surface area contributed by atoms with Crippen molar-refractivity contribution < 1.29 is 17.9 Å². The summed E-state index contributed by atoms with van der Waals surface area (Å²) in [5, 5.41) is 8.03. The van der Waals surface area contributed by atoms with Crippen molar-refractivity contribution in [1.29, 1.82) is 0 Å². The van der Waals surface area contributed by atoms with Crippen LogP contribution in [0.25, 0.3) is 0 Å². The van der Waals surface area contributed by atoms with E-state index in [1.807, 2.05) is 6.92 Å². The van der Waals surface area contributed by atoms with E-state index in [0.29, 0.717) is 10.8 Å². The Morgan fingerprint density at radius 3 is 2.71 bits per heavy atom. The highest BCUT2D eigenvalue weighted by molar-refractivity contribution is 7.91. The highest BCUT2D eigenvalue weighted by Crippen LogP contribution is 2.21. The second-order valence-corrected chi connectivity index (χ2v) is 8.21. The molecule has 1 aliphatic heterocycles. The Labute approximate surface area is 128 Å². The van der Waals surface area contributed by atoms with Crippen molar-refractivity contribution >= 4 is 27.3 Å². The number of sulfonamides is 1. The van der Waals surface area contributed by atoms with Crippen molar-refractivity contribution in [3.63, 3.8) is 0 Å². The predicted octanol–water partition coefficient (Wildman–Crippen LogP) is 0.869. The highest BCUT2D eigenvalue weighted by atomic mass is 32.2. The minimum Gasteiger partial charge on any atom is -0.381 e. The first-order valence-electron chi connectivity index (χ1n) is 6.85. The van der Waals surface area contributed by atoms with Crippen LogP contribution in [0.1, 0.15) is 24.6 Å². The highest BCUT2D eigenvalue weighted by Gasteiger charge is 2.22. The fourth-order valence-corrected chi connectivity index (χ4v) is 4.18. The average Bonchev–Trinajstić information content (AvgIpc) is 2.88. The molecule has 1 atom stereocenters. The molecule has 1 aromatic rings. The zero-order valence-electron chi connectivity index (χ0n) is 11.9. The first kappa shape index (κ1) is 16.4. The summed E-state index contributed by atoms with van der Waals surface area (Å²) in [4.78, 5) is 12.7. The van der Waals surface area contributed by atoms with Crippen molar-refractivity contribution in [2.45, 2.75) is 36.4 Å². The second-order valence-electron chi connectivity index (χ2n) is 5.25. The summed E-state index contributed by atoms with van der Waals surface area (Å²) >= 11 is 1.04. The van der Waals surface area contributed by atoms with Crippen LogP contribution in [0, 0.1) is 5.92 Å². The number of rotatable bonds is 5. The summed E-state index contributed by atoms with van der Waals surface area (Å²) in [5.74, 6) is 0.336. The monoisotopic (exact) mass is 332 g/mol. The zero-order valence-corrected chi connectivity index (χ0v) is 13.5. The minimum absolute atomic E-state index is 0.0859. The molecule has 8 heteroatoms. The van der Waals surface area contributed by atoms with Crippen LogP contribution in [0.15, 0.2) is 16.3 Å². The fourth-order valence-electron chi connectivity index (χ4n) is 2.40. The predicted molar refractivity (Wildman–Crippen MR) is 80.5 cm³/mol. The Bertz CT molecular complexity index is 591. The van der Waals surface area contributed by atoms with Gasteiger partial charge >= 0.3 is 0 Å². The Morgan fingerprint density at radius 2 is 2.14 bits per heavy atom. The molecule has 1 aromatic heterocycles. The maximum Gasteiger partial charge on any atom is 0.247 e. The molecule has 1 amide bonds. The third-order valence-electron chi connectivity index (χ3n) is 3.61. The van der Waals surface area contributed by atoms with E-state index in [-0.39, 0.29) is 22.6 Å². The van der Waals surface area contributed by atoms with Crippen molar-refractivity contribution in [3.05, 3.63) is 17.0 Å². The van der Waals surface area contributed by atoms with Crippen LogP contribution in [0.4, 0.5) is 0 Å². The van der Waals surface area contributed by atoms with Crippen LogP contribution < -0.4 is 10.5 Å². The topological polar surface area (TPSA) is 98.5 Å². The molecule has 3 N–H and O–H groups in total. The molecule has 0 spiro atoms. The summed E-state index contributed by atoms with van der Waals surface area (Å²) in [6.45, 7) is 3.49. The largest absolute Gasteiger partial charge is 0.381 e. The molecule has 1 aliphatic rings. The van der Waals surface area contributed by atoms with E-state index in [0.717, 1.165) is 37.4 Å². The number of nitrogens with one attached hydrogen (secondary N) is 1. The van der Waals surface area contributed by atoms with Gasteiger partial charge in [-0.15, -0.1) is 11.3 Å². The molecule has 1 saturated heterocycles. The molecule has 0 bridgehead atoms. The molecule has 0 radical (unpaired) electrons. The molecule has 1 unspecified atom stereocenters. The fraction of sp³-hybridized carbons (Fsp3) is 0.615. The lowest BCUT2D eigenvalue weighted by Gasteiger charge is -2.28. The molecule has 0 aliphatic carbocycles. The molecular weight excluding hydrogens is 312 g/mol. The number of carbonyl (C=O) groups excluding carboxylic acids is 1. The molecule has 118 valence electrons. The van der Waals surface area contributed by atoms with Gasteiger partial charge in [0, 0.05) is 24.1 Å². The summed E-state index contributed by atoms with van der Waals surface area (Å²) < 4.78 is 27.8. The lowest BCUT2D eigenvalue weighted by atomic mass is 9.93. The zero-order chi connectivity index (χ0) is 15.5. The number of primary sulfonamides is 1. The number of ether oxygens (including phenoxy) is 1.